The summed E-state index contributed by atoms with van der Waals surface area (Å²) in [6.07, 6.45) is 5.60. The molecular weight excluding hydrogens is 282 g/mol. The van der Waals surface area contributed by atoms with E-state index >= 15 is 0 Å². The van der Waals surface area contributed by atoms with Gasteiger partial charge < -0.3 is 14.7 Å². The molecule has 0 radical (unpaired) electrons. The first-order chi connectivity index (χ1) is 10.6. The van der Waals surface area contributed by atoms with E-state index in [4.69, 9.17) is 9.84 Å². The second kappa shape index (κ2) is 6.22. The topological polar surface area (TPSA) is 66.8 Å². The average molecular weight is 301 g/mol. The van der Waals surface area contributed by atoms with E-state index in [0.717, 1.165) is 24.2 Å². The third-order valence-corrected chi connectivity index (χ3v) is 4.21. The molecule has 1 aromatic rings. The molecule has 116 valence electrons. The quantitative estimate of drug-likeness (QED) is 0.867. The minimum Gasteiger partial charge on any atom is -0.493 e. The molecule has 1 unspecified atom stereocenters. The molecule has 1 aromatic carbocycles. The Morgan fingerprint density at radius 3 is 3.05 bits per heavy atom. The van der Waals surface area contributed by atoms with Gasteiger partial charge in [0.1, 0.15) is 5.75 Å². The molecule has 0 bridgehead atoms. The number of rotatable bonds is 3. The van der Waals surface area contributed by atoms with Crippen molar-refractivity contribution in [2.24, 2.45) is 5.92 Å². The normalized spacial score (nSPS) is 20.7. The maximum atomic E-state index is 12.2. The van der Waals surface area contributed by atoms with E-state index in [1.807, 2.05) is 18.2 Å². The van der Waals surface area contributed by atoms with Crippen molar-refractivity contribution in [1.82, 2.24) is 4.90 Å². The number of amides is 1. The molecule has 2 aliphatic rings. The Morgan fingerprint density at radius 2 is 2.23 bits per heavy atom. The van der Waals surface area contributed by atoms with Crippen LogP contribution in [0.15, 0.2) is 24.3 Å². The predicted octanol–water partition coefficient (Wildman–Crippen LogP) is 1.96. The van der Waals surface area contributed by atoms with Gasteiger partial charge >= 0.3 is 5.97 Å². The van der Waals surface area contributed by atoms with Gasteiger partial charge in [0.05, 0.1) is 12.5 Å². The van der Waals surface area contributed by atoms with Gasteiger partial charge in [-0.2, -0.15) is 0 Å². The highest BCUT2D eigenvalue weighted by atomic mass is 16.5. The van der Waals surface area contributed by atoms with E-state index in [1.54, 1.807) is 11.0 Å². The summed E-state index contributed by atoms with van der Waals surface area (Å²) in [6.45, 7) is 1.65. The number of aliphatic carboxylic acids is 1. The predicted molar refractivity (Wildman–Crippen MR) is 81.6 cm³/mol. The molecule has 1 saturated heterocycles. The molecule has 0 aromatic heterocycles. The Balaban J connectivity index is 1.64. The highest BCUT2D eigenvalue weighted by Crippen LogP contribution is 2.26. The molecule has 5 nitrogen and oxygen atoms in total. The number of nitrogens with zero attached hydrogens (tertiary/aromatic N) is 1. The number of carboxylic acids is 1. The van der Waals surface area contributed by atoms with E-state index in [2.05, 4.69) is 0 Å². The number of ether oxygens (including phenoxy) is 1. The number of carbonyl (C=O) groups is 2. The number of benzene rings is 1. The molecule has 0 aliphatic carbocycles. The Kier molecular flexibility index (Phi) is 4.13. The Labute approximate surface area is 129 Å². The van der Waals surface area contributed by atoms with Crippen LogP contribution >= 0.6 is 0 Å². The van der Waals surface area contributed by atoms with Crippen LogP contribution in [0, 0.1) is 5.92 Å². The zero-order chi connectivity index (χ0) is 15.5. The van der Waals surface area contributed by atoms with Crippen LogP contribution in [0.1, 0.15) is 24.0 Å². The van der Waals surface area contributed by atoms with Crippen LogP contribution in [0.25, 0.3) is 6.08 Å². The molecule has 22 heavy (non-hydrogen) atoms. The summed E-state index contributed by atoms with van der Waals surface area (Å²) in [6, 6.07) is 5.88. The Morgan fingerprint density at radius 1 is 1.36 bits per heavy atom. The van der Waals surface area contributed by atoms with Gasteiger partial charge in [-0.25, -0.2) is 0 Å². The minimum absolute atomic E-state index is 0.123. The molecule has 0 spiro atoms. The Hall–Kier alpha value is -2.30. The zero-order valence-electron chi connectivity index (χ0n) is 12.3. The van der Waals surface area contributed by atoms with Gasteiger partial charge in [0.25, 0.3) is 0 Å². The van der Waals surface area contributed by atoms with E-state index in [0.29, 0.717) is 26.1 Å². The summed E-state index contributed by atoms with van der Waals surface area (Å²) >= 11 is 0. The lowest BCUT2D eigenvalue weighted by Crippen LogP contribution is -2.41. The number of hydrogen-bond acceptors (Lipinski definition) is 3. The molecule has 1 fully saturated rings. The van der Waals surface area contributed by atoms with E-state index < -0.39 is 11.9 Å². The zero-order valence-corrected chi connectivity index (χ0v) is 12.3. The monoisotopic (exact) mass is 301 g/mol. The van der Waals surface area contributed by atoms with Gasteiger partial charge in [-0.05, 0) is 42.2 Å². The van der Waals surface area contributed by atoms with Gasteiger partial charge in [-0.1, -0.05) is 6.07 Å². The number of hydrogen-bond donors (Lipinski definition) is 1. The molecule has 2 aliphatic heterocycles. The highest BCUT2D eigenvalue weighted by molar-refractivity contribution is 5.92. The van der Waals surface area contributed by atoms with Gasteiger partial charge in [-0.15, -0.1) is 0 Å². The van der Waals surface area contributed by atoms with Crippen molar-refractivity contribution in [3.63, 3.8) is 0 Å². The standard InChI is InChI=1S/C17H19NO4/c19-16(18-8-1-2-14(11-18)17(20)21)6-4-12-3-5-15-13(10-12)7-9-22-15/h3-6,10,14H,1-2,7-9,11H2,(H,20,21)/b6-4+. The lowest BCUT2D eigenvalue weighted by molar-refractivity contribution is -0.144. The molecule has 1 N–H and O–H groups in total. The molecule has 1 amide bonds. The molecule has 1 atom stereocenters. The molecule has 2 heterocycles. The molecule has 5 heteroatoms. The van der Waals surface area contributed by atoms with Crippen LogP contribution in [-0.2, 0) is 16.0 Å². The SMILES string of the molecule is O=C(O)C1CCCN(C(=O)/C=C/c2ccc3c(c2)CCO3)C1. The third kappa shape index (κ3) is 3.13. The number of likely N-dealkylation sites (tertiary alicyclic amines) is 1. The van der Waals surface area contributed by atoms with Crippen molar-refractivity contribution in [2.45, 2.75) is 19.3 Å². The largest absolute Gasteiger partial charge is 0.493 e. The van der Waals surface area contributed by atoms with E-state index in [-0.39, 0.29) is 5.91 Å². The average Bonchev–Trinajstić information content (AvgIpc) is 3.00. The summed E-state index contributed by atoms with van der Waals surface area (Å²) in [4.78, 5) is 24.9. The van der Waals surface area contributed by atoms with Gasteiger partial charge in [0.15, 0.2) is 0 Å². The summed E-state index contributed by atoms with van der Waals surface area (Å²) in [7, 11) is 0. The third-order valence-electron chi connectivity index (χ3n) is 4.21. The van der Waals surface area contributed by atoms with E-state index in [9.17, 15) is 9.59 Å². The van der Waals surface area contributed by atoms with Crippen LogP contribution < -0.4 is 4.74 Å². The first-order valence-electron chi connectivity index (χ1n) is 7.59. The lowest BCUT2D eigenvalue weighted by Gasteiger charge is -2.29. The fraction of sp³-hybridized carbons (Fsp3) is 0.412. The van der Waals surface area contributed by atoms with Crippen LogP contribution in [0.5, 0.6) is 5.75 Å². The summed E-state index contributed by atoms with van der Waals surface area (Å²) in [5, 5.41) is 9.07. The molecule has 0 saturated carbocycles. The summed E-state index contributed by atoms with van der Waals surface area (Å²) in [5.74, 6) is -0.463. The number of fused-ring (bicyclic) bond motifs is 1. The summed E-state index contributed by atoms with van der Waals surface area (Å²) < 4.78 is 5.45. The van der Waals surface area contributed by atoms with Crippen molar-refractivity contribution < 1.29 is 19.4 Å². The number of carbonyl (C=O) groups excluding carboxylic acids is 1. The van der Waals surface area contributed by atoms with Crippen LogP contribution in [0.4, 0.5) is 0 Å². The maximum Gasteiger partial charge on any atom is 0.308 e. The minimum atomic E-state index is -0.819. The second-order valence-corrected chi connectivity index (χ2v) is 5.76. The van der Waals surface area contributed by atoms with Crippen LogP contribution in [0.3, 0.4) is 0 Å². The van der Waals surface area contributed by atoms with Crippen molar-refractivity contribution in [3.05, 3.63) is 35.4 Å². The first kappa shape index (κ1) is 14.6. The van der Waals surface area contributed by atoms with Crippen molar-refractivity contribution >= 4 is 18.0 Å². The van der Waals surface area contributed by atoms with Crippen LogP contribution in [-0.4, -0.2) is 41.6 Å². The molecular formula is C17H19NO4. The van der Waals surface area contributed by atoms with Gasteiger partial charge in [0, 0.05) is 25.6 Å². The highest BCUT2D eigenvalue weighted by Gasteiger charge is 2.27. The fourth-order valence-electron chi connectivity index (χ4n) is 2.96. The van der Waals surface area contributed by atoms with E-state index in [1.165, 1.54) is 11.6 Å². The number of carboxylic acid groups (broad SMARTS) is 1. The maximum absolute atomic E-state index is 12.2. The summed E-state index contributed by atoms with van der Waals surface area (Å²) in [5.41, 5.74) is 2.13. The second-order valence-electron chi connectivity index (χ2n) is 5.76. The van der Waals surface area contributed by atoms with Crippen LogP contribution in [0.2, 0.25) is 0 Å². The van der Waals surface area contributed by atoms with Crippen molar-refractivity contribution in [1.29, 1.82) is 0 Å². The van der Waals surface area contributed by atoms with Gasteiger partial charge in [0.2, 0.25) is 5.91 Å². The lowest BCUT2D eigenvalue weighted by atomic mass is 9.98. The van der Waals surface area contributed by atoms with Crippen molar-refractivity contribution in [2.75, 3.05) is 19.7 Å². The smallest absolute Gasteiger partial charge is 0.308 e. The number of piperidine rings is 1. The molecule has 3 rings (SSSR count). The first-order valence-corrected chi connectivity index (χ1v) is 7.59. The van der Waals surface area contributed by atoms with Crippen molar-refractivity contribution in [3.8, 4) is 5.75 Å². The fourth-order valence-corrected chi connectivity index (χ4v) is 2.96. The van der Waals surface area contributed by atoms with Gasteiger partial charge in [-0.3, -0.25) is 9.59 Å². The Bertz CT molecular complexity index is 623.